The van der Waals surface area contributed by atoms with Crippen molar-refractivity contribution in [1.29, 1.82) is 0 Å². The van der Waals surface area contributed by atoms with E-state index in [4.69, 9.17) is 4.89 Å². The molecule has 3 nitrogen and oxygen atoms in total. The zero-order chi connectivity index (χ0) is 7.71. The molecule has 0 radical (unpaired) electrons. The van der Waals surface area contributed by atoms with Crippen molar-refractivity contribution in [3.05, 3.63) is 0 Å². The highest BCUT2D eigenvalue weighted by molar-refractivity contribution is 7.72. The quantitative estimate of drug-likeness (QED) is 0.657. The minimum atomic E-state index is -4.93. The monoisotopic (exact) mass is 178 g/mol. The summed E-state index contributed by atoms with van der Waals surface area (Å²) in [6, 6.07) is 0. The summed E-state index contributed by atoms with van der Waals surface area (Å²) in [7, 11) is -9.10. The minimum absolute atomic E-state index is 0.607. The average Bonchev–Trinajstić information content (AvgIpc) is 1.14. The molecule has 9 heavy (non-hydrogen) atoms. The van der Waals surface area contributed by atoms with E-state index in [1.165, 1.54) is 0 Å². The molecule has 56 valence electrons. The second-order valence-corrected chi connectivity index (χ2v) is 6.08. The van der Waals surface area contributed by atoms with Crippen molar-refractivity contribution >= 4 is 15.1 Å². The molecule has 0 aliphatic rings. The number of hydrogen-bond acceptors (Lipinski definition) is 2. The molecule has 0 fully saturated rings. The SMILES string of the molecule is CP(=O)(F)CP(=O)(O)F. The van der Waals surface area contributed by atoms with E-state index in [0.717, 1.165) is 0 Å². The van der Waals surface area contributed by atoms with E-state index < -0.39 is 21.0 Å². The molecular weight excluding hydrogens is 172 g/mol. The molecule has 0 aliphatic carbocycles. The van der Waals surface area contributed by atoms with Crippen LogP contribution in [-0.2, 0) is 9.13 Å². The summed E-state index contributed by atoms with van der Waals surface area (Å²) in [4.78, 5) is 7.83. The summed E-state index contributed by atoms with van der Waals surface area (Å²) in [6.07, 6.45) is 0. The first kappa shape index (κ1) is 9.28. The predicted molar refractivity (Wildman–Crippen MR) is 30.4 cm³/mol. The Hall–Kier alpha value is 0.280. The molecule has 0 aromatic carbocycles. The molecule has 0 aromatic rings. The molecule has 0 rings (SSSR count). The zero-order valence-electron chi connectivity index (χ0n) is 4.62. The maximum Gasteiger partial charge on any atom is 0.374 e. The highest BCUT2D eigenvalue weighted by Crippen LogP contribution is 2.59. The Bertz CT molecular complexity index is 158. The fraction of sp³-hybridized carbons (Fsp3) is 1.00. The molecule has 1 N–H and O–H groups in total. The smallest absolute Gasteiger partial charge is 0.321 e. The number of rotatable bonds is 2. The first-order valence-electron chi connectivity index (χ1n) is 1.98. The van der Waals surface area contributed by atoms with Crippen molar-refractivity contribution in [3.63, 3.8) is 0 Å². The van der Waals surface area contributed by atoms with Crippen LogP contribution in [-0.4, -0.2) is 17.5 Å². The van der Waals surface area contributed by atoms with E-state index in [9.17, 15) is 17.5 Å². The lowest BCUT2D eigenvalue weighted by molar-refractivity contribution is 0.433. The van der Waals surface area contributed by atoms with E-state index in [-0.39, 0.29) is 0 Å². The van der Waals surface area contributed by atoms with Crippen LogP contribution in [0.3, 0.4) is 0 Å². The average molecular weight is 178 g/mol. The fourth-order valence-electron chi connectivity index (χ4n) is 0.312. The van der Waals surface area contributed by atoms with Gasteiger partial charge in [0.2, 0.25) is 0 Å². The van der Waals surface area contributed by atoms with Crippen molar-refractivity contribution in [3.8, 4) is 0 Å². The molecule has 2 unspecified atom stereocenters. The van der Waals surface area contributed by atoms with Gasteiger partial charge in [-0.15, -0.1) is 0 Å². The van der Waals surface area contributed by atoms with Gasteiger partial charge >= 0.3 is 7.68 Å². The van der Waals surface area contributed by atoms with E-state index in [0.29, 0.717) is 6.66 Å². The normalized spacial score (nSPS) is 24.4. The van der Waals surface area contributed by atoms with Crippen LogP contribution in [0.25, 0.3) is 0 Å². The van der Waals surface area contributed by atoms with Crippen molar-refractivity contribution in [2.24, 2.45) is 0 Å². The van der Waals surface area contributed by atoms with Crippen LogP contribution in [0.5, 0.6) is 0 Å². The van der Waals surface area contributed by atoms with Crippen LogP contribution >= 0.6 is 15.1 Å². The van der Waals surface area contributed by atoms with Gasteiger partial charge < -0.3 is 4.89 Å². The van der Waals surface area contributed by atoms with Crippen LogP contribution in [0.15, 0.2) is 0 Å². The van der Waals surface area contributed by atoms with Crippen LogP contribution in [0.1, 0.15) is 0 Å². The molecule has 0 spiro atoms. The highest BCUT2D eigenvalue weighted by atomic mass is 31.3. The third-order valence-electron chi connectivity index (χ3n) is 0.427. The first-order chi connectivity index (χ1) is 3.71. The third-order valence-corrected chi connectivity index (χ3v) is 3.84. The van der Waals surface area contributed by atoms with E-state index in [1.807, 2.05) is 0 Å². The van der Waals surface area contributed by atoms with Gasteiger partial charge in [-0.3, -0.25) is 9.13 Å². The number of hydrogen-bond donors (Lipinski definition) is 1. The zero-order valence-corrected chi connectivity index (χ0v) is 6.41. The largest absolute Gasteiger partial charge is 0.374 e. The van der Waals surface area contributed by atoms with Gasteiger partial charge in [0.1, 0.15) is 5.90 Å². The molecule has 0 heterocycles. The second kappa shape index (κ2) is 2.49. The van der Waals surface area contributed by atoms with Crippen molar-refractivity contribution in [2.45, 2.75) is 0 Å². The van der Waals surface area contributed by atoms with Gasteiger partial charge in [-0.2, -0.15) is 8.39 Å². The van der Waals surface area contributed by atoms with Gasteiger partial charge in [0.25, 0.3) is 7.45 Å². The van der Waals surface area contributed by atoms with Crippen LogP contribution in [0.2, 0.25) is 0 Å². The standard InChI is InChI=1S/C2H6F2O3P2/c1-8(3,5)2-9(4,6)7/h2H2,1H3,(H,6,7). The molecule has 7 heteroatoms. The summed E-state index contributed by atoms with van der Waals surface area (Å²) in [5.74, 6) is -1.38. The van der Waals surface area contributed by atoms with Gasteiger partial charge in [-0.25, -0.2) is 0 Å². The first-order valence-corrected chi connectivity index (χ1v) is 5.95. The molecule has 0 aromatic heterocycles. The lowest BCUT2D eigenvalue weighted by atomic mass is 11.9. The Kier molecular flexibility index (Phi) is 2.57. The van der Waals surface area contributed by atoms with E-state index in [2.05, 4.69) is 0 Å². The molecule has 0 aliphatic heterocycles. The Balaban J connectivity index is 4.07. The molecule has 0 bridgehead atoms. The van der Waals surface area contributed by atoms with E-state index in [1.54, 1.807) is 0 Å². The summed E-state index contributed by atoms with van der Waals surface area (Å²) >= 11 is 0. The summed E-state index contributed by atoms with van der Waals surface area (Å²) in [5, 5.41) is 0. The number of halogens is 2. The maximum atomic E-state index is 11.9. The highest BCUT2D eigenvalue weighted by Gasteiger charge is 2.28. The minimum Gasteiger partial charge on any atom is -0.321 e. The van der Waals surface area contributed by atoms with Gasteiger partial charge in [0.05, 0.1) is 0 Å². The van der Waals surface area contributed by atoms with Crippen molar-refractivity contribution < 1.29 is 22.4 Å². The molecule has 0 saturated heterocycles. The van der Waals surface area contributed by atoms with Crippen LogP contribution in [0, 0.1) is 0 Å². The van der Waals surface area contributed by atoms with Crippen LogP contribution in [0.4, 0.5) is 8.39 Å². The fourth-order valence-corrected chi connectivity index (χ4v) is 2.80. The second-order valence-electron chi connectivity index (χ2n) is 1.74. The Morgan fingerprint density at radius 2 is 1.78 bits per heavy atom. The topological polar surface area (TPSA) is 54.4 Å². The summed E-state index contributed by atoms with van der Waals surface area (Å²) < 4.78 is 43.2. The Morgan fingerprint density at radius 3 is 1.78 bits per heavy atom. The molecule has 0 saturated carbocycles. The maximum absolute atomic E-state index is 11.9. The van der Waals surface area contributed by atoms with Gasteiger partial charge in [-0.1, -0.05) is 0 Å². The van der Waals surface area contributed by atoms with Crippen molar-refractivity contribution in [1.82, 2.24) is 0 Å². The third kappa shape index (κ3) is 8.28. The Labute approximate surface area is 51.1 Å². The predicted octanol–water partition coefficient (Wildman–Crippen LogP) is 1.98. The lowest BCUT2D eigenvalue weighted by Crippen LogP contribution is -1.79. The molecule has 2 atom stereocenters. The molecular formula is C2H6F2O3P2. The Morgan fingerprint density at radius 1 is 1.44 bits per heavy atom. The van der Waals surface area contributed by atoms with Crippen LogP contribution < -0.4 is 0 Å². The summed E-state index contributed by atoms with van der Waals surface area (Å²) in [5.41, 5.74) is 0. The van der Waals surface area contributed by atoms with Gasteiger partial charge in [-0.05, 0) is 0 Å². The molecule has 0 amide bonds. The van der Waals surface area contributed by atoms with Crippen molar-refractivity contribution in [2.75, 3.05) is 12.6 Å². The van der Waals surface area contributed by atoms with Gasteiger partial charge in [0.15, 0.2) is 0 Å². The summed E-state index contributed by atoms with van der Waals surface area (Å²) in [6.45, 7) is 0.607. The lowest BCUT2D eigenvalue weighted by Gasteiger charge is -2.00. The van der Waals surface area contributed by atoms with E-state index >= 15 is 0 Å². The van der Waals surface area contributed by atoms with Gasteiger partial charge in [0, 0.05) is 6.66 Å².